The quantitative estimate of drug-likeness (QED) is 0.731. The zero-order valence-corrected chi connectivity index (χ0v) is 13.2. The zero-order valence-electron chi connectivity index (χ0n) is 13.2. The first-order valence-electron chi connectivity index (χ1n) is 7.09. The first-order valence-corrected chi connectivity index (χ1v) is 7.09. The highest BCUT2D eigenvalue weighted by Crippen LogP contribution is 2.29. The monoisotopic (exact) mass is 303 g/mol. The predicted octanol–water partition coefficient (Wildman–Crippen LogP) is 4.40. The Morgan fingerprint density at radius 1 is 1.38 bits per heavy atom. The van der Waals surface area contributed by atoms with Crippen LogP contribution in [0.15, 0.2) is 4.42 Å². The first kappa shape index (κ1) is 17.6. The second-order valence-electron chi connectivity index (χ2n) is 6.42. The molecule has 6 heteroatoms. The molecule has 0 bridgehead atoms. The Hall–Kier alpha value is -1.46. The van der Waals surface area contributed by atoms with Crippen LogP contribution >= 0.6 is 0 Å². The van der Waals surface area contributed by atoms with Crippen LogP contribution < -0.4 is 0 Å². The molecule has 0 amide bonds. The van der Waals surface area contributed by atoms with Crippen molar-refractivity contribution < 1.29 is 22.7 Å². The van der Waals surface area contributed by atoms with Crippen molar-refractivity contribution in [3.8, 4) is 0 Å². The minimum absolute atomic E-state index is 0.0952. The second-order valence-corrected chi connectivity index (χ2v) is 6.42. The van der Waals surface area contributed by atoms with Gasteiger partial charge in [0.05, 0.1) is 6.61 Å². The molecule has 0 aliphatic carbocycles. The molecule has 1 aromatic heterocycles. The maximum atomic E-state index is 12.9. The lowest BCUT2D eigenvalue weighted by Crippen LogP contribution is -2.13. The van der Waals surface area contributed by atoms with Crippen LogP contribution in [-0.4, -0.2) is 17.6 Å². The number of nitrogens with zero attached hydrogens (tertiary/aromatic N) is 1. The Morgan fingerprint density at radius 2 is 2.00 bits per heavy atom. The normalized spacial score (nSPS) is 13.5. The van der Waals surface area contributed by atoms with Gasteiger partial charge in [0.2, 0.25) is 5.76 Å². The number of carbonyl (C=O) groups excluding carboxylic acids is 1. The van der Waals surface area contributed by atoms with E-state index in [9.17, 15) is 13.6 Å². The van der Waals surface area contributed by atoms with Crippen molar-refractivity contribution >= 4 is 5.97 Å². The first-order chi connectivity index (χ1) is 9.64. The number of esters is 1. The molecule has 0 spiro atoms. The summed E-state index contributed by atoms with van der Waals surface area (Å²) < 4.78 is 35.8. The molecule has 1 rings (SSSR count). The third-order valence-corrected chi connectivity index (χ3v) is 2.85. The summed E-state index contributed by atoms with van der Waals surface area (Å²) in [7, 11) is 0. The zero-order chi connectivity index (χ0) is 16.2. The fourth-order valence-corrected chi connectivity index (χ4v) is 2.37. The summed E-state index contributed by atoms with van der Waals surface area (Å²) in [5.41, 5.74) is -0.506. The van der Waals surface area contributed by atoms with Crippen LogP contribution in [0, 0.1) is 11.3 Å². The summed E-state index contributed by atoms with van der Waals surface area (Å²) in [5.74, 6) is -1.01. The summed E-state index contributed by atoms with van der Waals surface area (Å²) in [6, 6.07) is 0. The molecule has 1 heterocycles. The number of halogens is 2. The predicted molar refractivity (Wildman–Crippen MR) is 74.4 cm³/mol. The van der Waals surface area contributed by atoms with Gasteiger partial charge in [-0.2, -0.15) is 0 Å². The van der Waals surface area contributed by atoms with Gasteiger partial charge in [0.1, 0.15) is 0 Å². The Kier molecular flexibility index (Phi) is 5.87. The molecule has 0 saturated heterocycles. The summed E-state index contributed by atoms with van der Waals surface area (Å²) in [5, 5.41) is 0. The Bertz CT molecular complexity index is 478. The van der Waals surface area contributed by atoms with Crippen molar-refractivity contribution in [3.63, 3.8) is 0 Å². The third kappa shape index (κ3) is 5.44. The lowest BCUT2D eigenvalue weighted by Gasteiger charge is -2.22. The van der Waals surface area contributed by atoms with E-state index in [-0.39, 0.29) is 23.8 Å². The number of ether oxygens (including phenoxy) is 1. The van der Waals surface area contributed by atoms with E-state index in [1.807, 2.05) is 6.92 Å². The molecule has 0 aliphatic rings. The topological polar surface area (TPSA) is 52.3 Å². The number of hydrogen-bond donors (Lipinski definition) is 0. The standard InChI is InChI=1S/C15H23F2NO3/c1-6-20-14(19)12-11(13(16)17)18-10(21-12)7-9(2)8-15(3,4)5/h9,13H,6-8H2,1-5H3. The van der Waals surface area contributed by atoms with Crippen LogP contribution in [0.2, 0.25) is 0 Å². The molecule has 0 aliphatic heterocycles. The smallest absolute Gasteiger partial charge is 0.376 e. The van der Waals surface area contributed by atoms with E-state index in [4.69, 9.17) is 9.15 Å². The van der Waals surface area contributed by atoms with E-state index in [0.29, 0.717) is 6.42 Å². The maximum Gasteiger partial charge on any atom is 0.376 e. The largest absolute Gasteiger partial charge is 0.460 e. The number of carbonyl (C=O) groups is 1. The van der Waals surface area contributed by atoms with Gasteiger partial charge in [0.25, 0.3) is 6.43 Å². The van der Waals surface area contributed by atoms with Crippen LogP contribution in [-0.2, 0) is 11.2 Å². The Balaban J connectivity index is 2.90. The van der Waals surface area contributed by atoms with Crippen molar-refractivity contribution in [2.45, 2.75) is 53.9 Å². The van der Waals surface area contributed by atoms with Gasteiger partial charge in [-0.1, -0.05) is 27.7 Å². The van der Waals surface area contributed by atoms with Gasteiger partial charge in [0.15, 0.2) is 11.6 Å². The van der Waals surface area contributed by atoms with Gasteiger partial charge < -0.3 is 9.15 Å². The summed E-state index contributed by atoms with van der Waals surface area (Å²) >= 11 is 0. The SMILES string of the molecule is CCOC(=O)c1oc(CC(C)CC(C)(C)C)nc1C(F)F. The molecule has 0 aromatic carbocycles. The molecular weight excluding hydrogens is 280 g/mol. The van der Waals surface area contributed by atoms with Crippen LogP contribution in [0.1, 0.15) is 69.6 Å². The van der Waals surface area contributed by atoms with Crippen LogP contribution in [0.25, 0.3) is 0 Å². The van der Waals surface area contributed by atoms with Gasteiger partial charge in [-0.05, 0) is 24.7 Å². The highest BCUT2D eigenvalue weighted by Gasteiger charge is 2.28. The van der Waals surface area contributed by atoms with Crippen LogP contribution in [0.5, 0.6) is 0 Å². The van der Waals surface area contributed by atoms with Gasteiger partial charge in [-0.3, -0.25) is 0 Å². The molecule has 120 valence electrons. The van der Waals surface area contributed by atoms with E-state index in [1.54, 1.807) is 6.92 Å². The summed E-state index contributed by atoms with van der Waals surface area (Å²) in [6.45, 7) is 10.0. The average molecular weight is 303 g/mol. The molecule has 0 saturated carbocycles. The maximum absolute atomic E-state index is 12.9. The van der Waals surface area contributed by atoms with Crippen molar-refractivity contribution in [2.75, 3.05) is 6.61 Å². The lowest BCUT2D eigenvalue weighted by molar-refractivity contribution is 0.0473. The number of oxazole rings is 1. The van der Waals surface area contributed by atoms with E-state index in [2.05, 4.69) is 25.8 Å². The average Bonchev–Trinajstić information content (AvgIpc) is 2.70. The van der Waals surface area contributed by atoms with Gasteiger partial charge in [-0.25, -0.2) is 18.6 Å². The second kappa shape index (κ2) is 7.00. The fraction of sp³-hybridized carbons (Fsp3) is 0.733. The number of alkyl halides is 2. The van der Waals surface area contributed by atoms with Crippen LogP contribution in [0.4, 0.5) is 8.78 Å². The van der Waals surface area contributed by atoms with Gasteiger partial charge >= 0.3 is 5.97 Å². The van der Waals surface area contributed by atoms with E-state index < -0.39 is 23.8 Å². The molecule has 1 aromatic rings. The Labute approximate surface area is 123 Å². The lowest BCUT2D eigenvalue weighted by atomic mass is 9.84. The molecular formula is C15H23F2NO3. The van der Waals surface area contributed by atoms with Crippen molar-refractivity contribution in [2.24, 2.45) is 11.3 Å². The highest BCUT2D eigenvalue weighted by molar-refractivity contribution is 5.87. The van der Waals surface area contributed by atoms with Crippen molar-refractivity contribution in [1.82, 2.24) is 4.98 Å². The fourth-order valence-electron chi connectivity index (χ4n) is 2.37. The molecule has 0 radical (unpaired) electrons. The molecule has 4 nitrogen and oxygen atoms in total. The summed E-state index contributed by atoms with van der Waals surface area (Å²) in [4.78, 5) is 15.4. The van der Waals surface area contributed by atoms with Gasteiger partial charge in [0, 0.05) is 6.42 Å². The van der Waals surface area contributed by atoms with E-state index in [1.165, 1.54) is 0 Å². The van der Waals surface area contributed by atoms with Crippen LogP contribution in [0.3, 0.4) is 0 Å². The number of aromatic nitrogens is 1. The van der Waals surface area contributed by atoms with E-state index in [0.717, 1.165) is 6.42 Å². The van der Waals surface area contributed by atoms with Crippen molar-refractivity contribution in [3.05, 3.63) is 17.3 Å². The molecule has 1 atom stereocenters. The molecule has 21 heavy (non-hydrogen) atoms. The van der Waals surface area contributed by atoms with Crippen molar-refractivity contribution in [1.29, 1.82) is 0 Å². The minimum Gasteiger partial charge on any atom is -0.460 e. The molecule has 0 fully saturated rings. The third-order valence-electron chi connectivity index (χ3n) is 2.85. The minimum atomic E-state index is -2.86. The van der Waals surface area contributed by atoms with E-state index >= 15 is 0 Å². The molecule has 1 unspecified atom stereocenters. The number of rotatable bonds is 6. The highest BCUT2D eigenvalue weighted by atomic mass is 19.3. The molecule has 0 N–H and O–H groups in total. The summed E-state index contributed by atoms with van der Waals surface area (Å²) in [6.07, 6.45) is -1.55. The van der Waals surface area contributed by atoms with Gasteiger partial charge in [-0.15, -0.1) is 0 Å². The Morgan fingerprint density at radius 3 is 2.48 bits per heavy atom. The number of hydrogen-bond acceptors (Lipinski definition) is 4.